The average Bonchev–Trinajstić information content (AvgIpc) is 2.70. The van der Waals surface area contributed by atoms with Crippen molar-refractivity contribution in [2.45, 2.75) is 19.0 Å². The van der Waals surface area contributed by atoms with Crippen molar-refractivity contribution in [3.8, 4) is 0 Å². The largest absolute Gasteiger partial charge is 0.300 e. The number of rotatable bonds is 6. The Bertz CT molecular complexity index is 1020. The van der Waals surface area contributed by atoms with Crippen LogP contribution in [-0.2, 0) is 0 Å². The van der Waals surface area contributed by atoms with Gasteiger partial charge in [0.1, 0.15) is 0 Å². The van der Waals surface area contributed by atoms with Crippen molar-refractivity contribution >= 4 is 17.3 Å². The van der Waals surface area contributed by atoms with Gasteiger partial charge in [0.25, 0.3) is 5.69 Å². The lowest BCUT2D eigenvalue weighted by Gasteiger charge is -2.25. The molecule has 0 radical (unpaired) electrons. The molecule has 0 heterocycles. The summed E-state index contributed by atoms with van der Waals surface area (Å²) >= 11 is 5.95. The Hall–Kier alpha value is -2.90. The van der Waals surface area contributed by atoms with E-state index in [1.807, 2.05) is 0 Å². The molecule has 0 saturated carbocycles. The molecular weight excluding hydrogens is 405 g/mol. The molecule has 8 heteroatoms. The van der Waals surface area contributed by atoms with Gasteiger partial charge in [-0.05, 0) is 47.9 Å². The Kier molecular flexibility index (Phi) is 6.20. The molecule has 0 aliphatic rings. The van der Waals surface area contributed by atoms with Crippen LogP contribution in [-0.4, -0.2) is 4.92 Å². The quantitative estimate of drug-likeness (QED) is 0.297. The summed E-state index contributed by atoms with van der Waals surface area (Å²) in [6, 6.07) is 13.6. The van der Waals surface area contributed by atoms with Crippen molar-refractivity contribution in [2.75, 3.05) is 0 Å². The molecule has 0 saturated heterocycles. The molecule has 3 rings (SSSR count). The summed E-state index contributed by atoms with van der Waals surface area (Å²) in [6.07, 6.45) is 0. The molecule has 1 N–H and O–H groups in total. The van der Waals surface area contributed by atoms with E-state index in [4.69, 9.17) is 11.6 Å². The number of nitrogens with one attached hydrogen (secondary N) is 1. The van der Waals surface area contributed by atoms with Gasteiger partial charge in [0.15, 0.2) is 17.5 Å². The lowest BCUT2D eigenvalue weighted by Crippen LogP contribution is -2.26. The van der Waals surface area contributed by atoms with E-state index in [0.717, 1.165) is 17.7 Å². The third-order valence-electron chi connectivity index (χ3n) is 4.54. The zero-order valence-corrected chi connectivity index (χ0v) is 16.0. The number of nitrogens with zero attached hydrogens (tertiary/aromatic N) is 1. The van der Waals surface area contributed by atoms with Crippen molar-refractivity contribution in [2.24, 2.45) is 0 Å². The third kappa shape index (κ3) is 4.75. The second kappa shape index (κ2) is 8.63. The fourth-order valence-corrected chi connectivity index (χ4v) is 3.16. The smallest absolute Gasteiger partial charge is 0.269 e. The maximum atomic E-state index is 13.6. The van der Waals surface area contributed by atoms with Crippen LogP contribution in [0.4, 0.5) is 18.9 Å². The molecule has 0 bridgehead atoms. The highest BCUT2D eigenvalue weighted by Gasteiger charge is 2.21. The minimum Gasteiger partial charge on any atom is -0.300 e. The number of nitro groups is 1. The van der Waals surface area contributed by atoms with Gasteiger partial charge in [-0.15, -0.1) is 0 Å². The number of halogens is 4. The Morgan fingerprint density at radius 2 is 1.55 bits per heavy atom. The van der Waals surface area contributed by atoms with Crippen LogP contribution < -0.4 is 5.32 Å². The van der Waals surface area contributed by atoms with Crippen molar-refractivity contribution in [3.63, 3.8) is 0 Å². The van der Waals surface area contributed by atoms with Gasteiger partial charge in [-0.3, -0.25) is 15.4 Å². The van der Waals surface area contributed by atoms with E-state index in [1.54, 1.807) is 43.3 Å². The van der Waals surface area contributed by atoms with E-state index in [9.17, 15) is 23.3 Å². The van der Waals surface area contributed by atoms with E-state index in [-0.39, 0.29) is 11.3 Å². The Balaban J connectivity index is 2.00. The number of hydrogen-bond acceptors (Lipinski definition) is 3. The maximum absolute atomic E-state index is 13.6. The predicted octanol–water partition coefficient (Wildman–Crippen LogP) is 6.11. The minimum atomic E-state index is -1.53. The SMILES string of the molecule is C[C@@H](NC(c1ccc(Cl)cc1)c1cccc([N+](=O)[O-])c1)c1cc(F)c(F)c(F)c1. The van der Waals surface area contributed by atoms with Crippen LogP contribution in [0.3, 0.4) is 0 Å². The van der Waals surface area contributed by atoms with Crippen molar-refractivity contribution in [3.05, 3.63) is 110 Å². The van der Waals surface area contributed by atoms with Crippen LogP contribution >= 0.6 is 11.6 Å². The van der Waals surface area contributed by atoms with Gasteiger partial charge in [0.05, 0.1) is 11.0 Å². The van der Waals surface area contributed by atoms with E-state index in [2.05, 4.69) is 5.32 Å². The van der Waals surface area contributed by atoms with Crippen molar-refractivity contribution in [1.82, 2.24) is 5.32 Å². The summed E-state index contributed by atoms with van der Waals surface area (Å²) < 4.78 is 40.6. The molecule has 1 unspecified atom stereocenters. The van der Waals surface area contributed by atoms with Crippen LogP contribution in [0.15, 0.2) is 60.7 Å². The standard InChI is InChI=1S/C21H16ClF3N2O2/c1-12(15-10-18(23)20(25)19(24)11-15)26-21(13-5-7-16(22)8-6-13)14-3-2-4-17(9-14)27(28)29/h2-12,21,26H,1H3/t12-,21?/m1/s1. The molecule has 0 aliphatic heterocycles. The van der Waals surface area contributed by atoms with Gasteiger partial charge in [-0.2, -0.15) is 0 Å². The molecule has 0 spiro atoms. The molecule has 29 heavy (non-hydrogen) atoms. The van der Waals surface area contributed by atoms with Crippen molar-refractivity contribution in [1.29, 1.82) is 0 Å². The van der Waals surface area contributed by atoms with Crippen LogP contribution in [0.2, 0.25) is 5.02 Å². The fraction of sp³-hybridized carbons (Fsp3) is 0.143. The average molecular weight is 421 g/mol. The van der Waals surface area contributed by atoms with Crippen LogP contribution in [0.1, 0.15) is 35.7 Å². The lowest BCUT2D eigenvalue weighted by molar-refractivity contribution is -0.384. The van der Waals surface area contributed by atoms with Gasteiger partial charge in [0, 0.05) is 23.2 Å². The first-order valence-corrected chi connectivity index (χ1v) is 9.04. The summed E-state index contributed by atoms with van der Waals surface area (Å²) in [5, 5.41) is 14.9. The first-order chi connectivity index (χ1) is 13.8. The Morgan fingerprint density at radius 1 is 0.931 bits per heavy atom. The molecular formula is C21H16ClF3N2O2. The lowest BCUT2D eigenvalue weighted by atomic mass is 9.96. The first kappa shape index (κ1) is 20.8. The summed E-state index contributed by atoms with van der Waals surface area (Å²) in [5.74, 6) is -4.10. The Labute approximate surface area is 170 Å². The number of non-ortho nitro benzene ring substituents is 1. The maximum Gasteiger partial charge on any atom is 0.269 e. The fourth-order valence-electron chi connectivity index (χ4n) is 3.03. The van der Waals surface area contributed by atoms with Crippen LogP contribution in [0.5, 0.6) is 0 Å². The van der Waals surface area contributed by atoms with Crippen molar-refractivity contribution < 1.29 is 18.1 Å². The predicted molar refractivity (Wildman–Crippen MR) is 104 cm³/mol. The van der Waals surface area contributed by atoms with E-state index in [1.165, 1.54) is 12.1 Å². The number of hydrogen-bond donors (Lipinski definition) is 1. The summed E-state index contributed by atoms with van der Waals surface area (Å²) in [4.78, 5) is 10.7. The molecule has 0 fully saturated rings. The Morgan fingerprint density at radius 3 is 2.14 bits per heavy atom. The third-order valence-corrected chi connectivity index (χ3v) is 4.79. The van der Waals surface area contributed by atoms with Gasteiger partial charge >= 0.3 is 0 Å². The van der Waals surface area contributed by atoms with E-state index in [0.29, 0.717) is 10.6 Å². The topological polar surface area (TPSA) is 55.2 Å². The highest BCUT2D eigenvalue weighted by atomic mass is 35.5. The molecule has 3 aromatic carbocycles. The second-order valence-electron chi connectivity index (χ2n) is 6.52. The zero-order valence-electron chi connectivity index (χ0n) is 15.2. The molecule has 150 valence electrons. The summed E-state index contributed by atoms with van der Waals surface area (Å²) in [7, 11) is 0. The van der Waals surface area contributed by atoms with Gasteiger partial charge in [0.2, 0.25) is 0 Å². The monoisotopic (exact) mass is 420 g/mol. The molecule has 0 aromatic heterocycles. The molecule has 3 aromatic rings. The van der Waals surface area contributed by atoms with Gasteiger partial charge in [-0.25, -0.2) is 13.2 Å². The highest BCUT2D eigenvalue weighted by Crippen LogP contribution is 2.30. The molecule has 0 amide bonds. The van der Waals surface area contributed by atoms with Crippen LogP contribution in [0.25, 0.3) is 0 Å². The normalized spacial score (nSPS) is 13.1. The van der Waals surface area contributed by atoms with E-state index >= 15 is 0 Å². The van der Waals surface area contributed by atoms with Gasteiger partial charge < -0.3 is 0 Å². The highest BCUT2D eigenvalue weighted by molar-refractivity contribution is 6.30. The van der Waals surface area contributed by atoms with E-state index < -0.39 is 34.5 Å². The first-order valence-electron chi connectivity index (χ1n) is 8.66. The summed E-state index contributed by atoms with van der Waals surface area (Å²) in [6.45, 7) is 1.66. The van der Waals surface area contributed by atoms with Gasteiger partial charge in [-0.1, -0.05) is 35.9 Å². The molecule has 2 atom stereocenters. The summed E-state index contributed by atoms with van der Waals surface area (Å²) in [5.41, 5.74) is 1.43. The number of benzene rings is 3. The van der Waals surface area contributed by atoms with Crippen LogP contribution in [0, 0.1) is 27.6 Å². The second-order valence-corrected chi connectivity index (χ2v) is 6.96. The minimum absolute atomic E-state index is 0.0882. The zero-order chi connectivity index (χ0) is 21.1. The molecule has 4 nitrogen and oxygen atoms in total. The number of nitro benzene ring substituents is 1. The molecule has 0 aliphatic carbocycles.